The normalized spacial score (nSPS) is 15.2. The summed E-state index contributed by atoms with van der Waals surface area (Å²) in [6.45, 7) is 1.93. The highest BCUT2D eigenvalue weighted by Gasteiger charge is 2.47. The minimum atomic E-state index is -1.07. The first-order chi connectivity index (χ1) is 17.4. The molecule has 2 aromatic carbocycles. The van der Waals surface area contributed by atoms with Gasteiger partial charge in [-0.15, -0.1) is 0 Å². The van der Waals surface area contributed by atoms with Crippen LogP contribution >= 0.6 is 0 Å². The molecule has 1 aliphatic heterocycles. The van der Waals surface area contributed by atoms with Gasteiger partial charge in [0.15, 0.2) is 0 Å². The van der Waals surface area contributed by atoms with Gasteiger partial charge in [-0.05, 0) is 49.4 Å². The molecule has 0 radical (unpaired) electrons. The van der Waals surface area contributed by atoms with Gasteiger partial charge in [0.25, 0.3) is 5.91 Å². The summed E-state index contributed by atoms with van der Waals surface area (Å²) in [6.07, 6.45) is 1.17. The molecule has 1 atom stereocenters. The average molecular weight is 492 g/mol. The summed E-state index contributed by atoms with van der Waals surface area (Å²) in [4.78, 5) is 54.0. The van der Waals surface area contributed by atoms with Gasteiger partial charge in [0.1, 0.15) is 17.6 Å². The third-order valence-corrected chi connectivity index (χ3v) is 5.57. The van der Waals surface area contributed by atoms with E-state index in [1.807, 2.05) is 0 Å². The Morgan fingerprint density at radius 2 is 1.86 bits per heavy atom. The summed E-state index contributed by atoms with van der Waals surface area (Å²) < 4.78 is 15.6. The number of furan rings is 1. The van der Waals surface area contributed by atoms with Crippen molar-refractivity contribution in [3.63, 3.8) is 0 Å². The second kappa shape index (κ2) is 10.8. The minimum Gasteiger partial charge on any atom is -0.497 e. The van der Waals surface area contributed by atoms with E-state index in [-0.39, 0.29) is 25.1 Å². The number of esters is 1. The fourth-order valence-corrected chi connectivity index (χ4v) is 3.90. The number of nitrogens with zero attached hydrogens (tertiary/aromatic N) is 2. The number of urea groups is 1. The molecular weight excluding hydrogens is 466 g/mol. The van der Waals surface area contributed by atoms with Crippen molar-refractivity contribution < 1.29 is 33.1 Å². The number of carbonyl (C=O) groups excluding carboxylic acids is 4. The molecule has 0 unspecified atom stereocenters. The fraction of sp³-hybridized carbons (Fsp3) is 0.231. The van der Waals surface area contributed by atoms with E-state index < -0.39 is 29.9 Å². The first-order valence-corrected chi connectivity index (χ1v) is 11.3. The number of nitrogens with one attached hydrogen (secondary N) is 1. The second-order valence-corrected chi connectivity index (χ2v) is 7.93. The Labute approximate surface area is 207 Å². The van der Waals surface area contributed by atoms with Gasteiger partial charge in [-0.25, -0.2) is 14.5 Å². The number of hydrogen-bond donors (Lipinski definition) is 1. The smallest absolute Gasteiger partial charge is 0.338 e. The molecule has 10 nitrogen and oxygen atoms in total. The van der Waals surface area contributed by atoms with Gasteiger partial charge in [-0.3, -0.25) is 9.59 Å². The fourth-order valence-electron chi connectivity index (χ4n) is 3.90. The maximum Gasteiger partial charge on any atom is 0.338 e. The Morgan fingerprint density at radius 1 is 1.06 bits per heavy atom. The van der Waals surface area contributed by atoms with Crippen molar-refractivity contribution >= 4 is 35.2 Å². The van der Waals surface area contributed by atoms with Crippen molar-refractivity contribution in [3.8, 4) is 5.75 Å². The quantitative estimate of drug-likeness (QED) is 0.357. The molecule has 1 aliphatic rings. The summed E-state index contributed by atoms with van der Waals surface area (Å²) in [5.41, 5.74) is 0.980. The van der Waals surface area contributed by atoms with Gasteiger partial charge in [-0.1, -0.05) is 12.1 Å². The van der Waals surface area contributed by atoms with Gasteiger partial charge < -0.3 is 24.1 Å². The number of carbonyl (C=O) groups is 4. The van der Waals surface area contributed by atoms with E-state index in [0.29, 0.717) is 22.9 Å². The molecule has 36 heavy (non-hydrogen) atoms. The van der Waals surface area contributed by atoms with E-state index in [0.717, 1.165) is 4.90 Å². The van der Waals surface area contributed by atoms with Crippen molar-refractivity contribution in [1.29, 1.82) is 0 Å². The van der Waals surface area contributed by atoms with Crippen molar-refractivity contribution in [1.82, 2.24) is 4.90 Å². The van der Waals surface area contributed by atoms with E-state index in [1.165, 1.54) is 24.3 Å². The van der Waals surface area contributed by atoms with E-state index in [2.05, 4.69) is 5.32 Å². The molecule has 4 amide bonds. The molecular formula is C26H25N3O7. The highest BCUT2D eigenvalue weighted by Crippen LogP contribution is 2.30. The Balaban J connectivity index is 1.56. The topological polar surface area (TPSA) is 118 Å². The third-order valence-electron chi connectivity index (χ3n) is 5.57. The second-order valence-electron chi connectivity index (χ2n) is 7.93. The molecule has 1 N–H and O–H groups in total. The molecule has 1 saturated heterocycles. The molecule has 10 heteroatoms. The van der Waals surface area contributed by atoms with Crippen LogP contribution in [0.2, 0.25) is 0 Å². The van der Waals surface area contributed by atoms with E-state index in [1.54, 1.807) is 61.5 Å². The molecule has 0 spiro atoms. The van der Waals surface area contributed by atoms with Crippen molar-refractivity contribution in [2.75, 3.05) is 23.9 Å². The van der Waals surface area contributed by atoms with E-state index in [9.17, 15) is 19.2 Å². The molecule has 4 rings (SSSR count). The largest absolute Gasteiger partial charge is 0.497 e. The molecule has 1 aromatic heterocycles. The lowest BCUT2D eigenvalue weighted by molar-refractivity contribution is -0.124. The lowest BCUT2D eigenvalue weighted by Crippen LogP contribution is -2.37. The van der Waals surface area contributed by atoms with E-state index in [4.69, 9.17) is 13.9 Å². The van der Waals surface area contributed by atoms with Gasteiger partial charge in [0.2, 0.25) is 5.91 Å². The van der Waals surface area contributed by atoms with Crippen molar-refractivity contribution in [2.45, 2.75) is 25.9 Å². The lowest BCUT2D eigenvalue weighted by atomic mass is 10.1. The Morgan fingerprint density at radius 3 is 2.58 bits per heavy atom. The zero-order valence-corrected chi connectivity index (χ0v) is 19.8. The summed E-state index contributed by atoms with van der Waals surface area (Å²) in [5.74, 6) is -0.609. The first kappa shape index (κ1) is 24.5. The number of rotatable bonds is 9. The van der Waals surface area contributed by atoms with Crippen LogP contribution in [0.1, 0.15) is 29.5 Å². The number of imide groups is 1. The monoisotopic (exact) mass is 491 g/mol. The first-order valence-electron chi connectivity index (χ1n) is 11.3. The predicted molar refractivity (Wildman–Crippen MR) is 130 cm³/mol. The molecule has 0 bridgehead atoms. The standard InChI is InChI=1S/C26H25N3O7/c1-3-35-25(32)17-7-4-8-18(13-17)27-23(30)15-22-24(31)29(19-9-5-10-20(14-19)34-2)26(33)28(22)16-21-11-6-12-36-21/h4-14,22H,3,15-16H2,1-2H3,(H,27,30)/t22-/m0/s1. The van der Waals surface area contributed by atoms with Crippen LogP contribution in [0.5, 0.6) is 5.75 Å². The maximum atomic E-state index is 13.4. The summed E-state index contributed by atoms with van der Waals surface area (Å²) in [6, 6.07) is 14.6. The number of amides is 4. The molecule has 186 valence electrons. The van der Waals surface area contributed by atoms with Gasteiger partial charge >= 0.3 is 12.0 Å². The number of anilines is 2. The Hall–Kier alpha value is -4.60. The molecule has 1 fully saturated rings. The number of hydrogen-bond acceptors (Lipinski definition) is 7. The summed E-state index contributed by atoms with van der Waals surface area (Å²) in [7, 11) is 1.49. The summed E-state index contributed by atoms with van der Waals surface area (Å²) >= 11 is 0. The predicted octanol–water partition coefficient (Wildman–Crippen LogP) is 3.83. The van der Waals surface area contributed by atoms with Gasteiger partial charge in [0, 0.05) is 11.8 Å². The number of benzene rings is 2. The summed E-state index contributed by atoms with van der Waals surface area (Å²) in [5, 5.41) is 2.69. The van der Waals surface area contributed by atoms with Crippen LogP contribution in [-0.4, -0.2) is 48.5 Å². The van der Waals surface area contributed by atoms with Crippen LogP contribution in [0.15, 0.2) is 71.3 Å². The van der Waals surface area contributed by atoms with Crippen molar-refractivity contribution in [3.05, 3.63) is 78.3 Å². The highest BCUT2D eigenvalue weighted by molar-refractivity contribution is 6.22. The van der Waals surface area contributed by atoms with Crippen LogP contribution in [-0.2, 0) is 20.9 Å². The van der Waals surface area contributed by atoms with Crippen molar-refractivity contribution in [2.24, 2.45) is 0 Å². The van der Waals surface area contributed by atoms with Crippen LogP contribution in [0.25, 0.3) is 0 Å². The number of ether oxygens (including phenoxy) is 2. The SMILES string of the molecule is CCOC(=O)c1cccc(NC(=O)C[C@H]2C(=O)N(c3cccc(OC)c3)C(=O)N2Cc2ccco2)c1. The maximum absolute atomic E-state index is 13.4. The molecule has 0 saturated carbocycles. The van der Waals surface area contributed by atoms with Crippen LogP contribution in [0, 0.1) is 0 Å². The molecule has 0 aliphatic carbocycles. The molecule has 2 heterocycles. The highest BCUT2D eigenvalue weighted by atomic mass is 16.5. The van der Waals surface area contributed by atoms with Crippen LogP contribution < -0.4 is 15.0 Å². The molecule has 3 aromatic rings. The van der Waals surface area contributed by atoms with E-state index >= 15 is 0 Å². The Bertz CT molecular complexity index is 1270. The van der Waals surface area contributed by atoms with Gasteiger partial charge in [0.05, 0.1) is 44.2 Å². The third kappa shape index (κ3) is 5.22. The zero-order valence-electron chi connectivity index (χ0n) is 19.8. The number of methoxy groups -OCH3 is 1. The minimum absolute atomic E-state index is 0.00827. The van der Waals surface area contributed by atoms with Gasteiger partial charge in [-0.2, -0.15) is 0 Å². The lowest BCUT2D eigenvalue weighted by Gasteiger charge is -2.20. The Kier molecular flexibility index (Phi) is 7.33. The zero-order chi connectivity index (χ0) is 25.7. The van der Waals surface area contributed by atoms with Crippen LogP contribution in [0.4, 0.5) is 16.2 Å². The average Bonchev–Trinajstić information content (AvgIpc) is 3.47. The van der Waals surface area contributed by atoms with Crippen LogP contribution in [0.3, 0.4) is 0 Å².